The fraction of sp³-hybridized carbons (Fsp3) is 0.571. The molecule has 1 aliphatic carbocycles. The molecule has 0 saturated carbocycles. The van der Waals surface area contributed by atoms with Gasteiger partial charge in [0.25, 0.3) is 5.92 Å². The Balaban J connectivity index is 1.87. The van der Waals surface area contributed by atoms with Crippen LogP contribution in [0.2, 0.25) is 0 Å². The van der Waals surface area contributed by atoms with Crippen molar-refractivity contribution in [1.29, 1.82) is 0 Å². The van der Waals surface area contributed by atoms with Gasteiger partial charge in [0.05, 0.1) is 0 Å². The van der Waals surface area contributed by atoms with Gasteiger partial charge in [0.1, 0.15) is 0 Å². The third kappa shape index (κ3) is 2.56. The van der Waals surface area contributed by atoms with Crippen LogP contribution in [-0.4, -0.2) is 18.8 Å². The van der Waals surface area contributed by atoms with Crippen LogP contribution in [0.5, 0.6) is 0 Å². The molecule has 1 heterocycles. The van der Waals surface area contributed by atoms with Crippen LogP contribution in [-0.2, 0) is 15.9 Å². The predicted molar refractivity (Wildman–Crippen MR) is 70.2 cm³/mol. The Morgan fingerprint density at radius 1 is 1.32 bits per heavy atom. The largest absolute Gasteiger partial charge is 0.353 e. The summed E-state index contributed by atoms with van der Waals surface area (Å²) in [7, 11) is 0. The van der Waals surface area contributed by atoms with Gasteiger partial charge in [0, 0.05) is 23.1 Å². The second-order valence-electron chi connectivity index (χ2n) is 5.06. The lowest BCUT2D eigenvalue weighted by atomic mass is 10.1. The number of rotatable bonds is 2. The lowest BCUT2D eigenvalue weighted by molar-refractivity contribution is -0.236. The fourth-order valence-corrected chi connectivity index (χ4v) is 3.34. The van der Waals surface area contributed by atoms with Gasteiger partial charge in [-0.15, -0.1) is 0 Å². The summed E-state index contributed by atoms with van der Waals surface area (Å²) in [5, 5.41) is 0. The average molecular weight is 333 g/mol. The summed E-state index contributed by atoms with van der Waals surface area (Å²) in [5.74, 6) is -2.87. The SMILES string of the molecule is FC1(F)Cc2cccc(Br)c2C1OC1CCCCO1. The summed E-state index contributed by atoms with van der Waals surface area (Å²) < 4.78 is 39.9. The van der Waals surface area contributed by atoms with E-state index in [4.69, 9.17) is 9.47 Å². The standard InChI is InChI=1S/C14H15BrF2O2/c15-10-5-3-4-9-8-14(16,17)13(12(9)10)19-11-6-1-2-7-18-11/h3-5,11,13H,1-2,6-8H2. The van der Waals surface area contributed by atoms with Crippen molar-refractivity contribution in [2.45, 2.75) is 44.0 Å². The van der Waals surface area contributed by atoms with Crippen molar-refractivity contribution < 1.29 is 18.3 Å². The van der Waals surface area contributed by atoms with E-state index in [-0.39, 0.29) is 6.42 Å². The van der Waals surface area contributed by atoms with E-state index in [9.17, 15) is 8.78 Å². The van der Waals surface area contributed by atoms with E-state index >= 15 is 0 Å². The minimum Gasteiger partial charge on any atom is -0.353 e. The van der Waals surface area contributed by atoms with Crippen molar-refractivity contribution in [1.82, 2.24) is 0 Å². The summed E-state index contributed by atoms with van der Waals surface area (Å²) in [6.45, 7) is 0.589. The van der Waals surface area contributed by atoms with Crippen molar-refractivity contribution in [3.8, 4) is 0 Å². The Hall–Kier alpha value is -0.520. The third-order valence-electron chi connectivity index (χ3n) is 3.64. The number of ether oxygens (including phenoxy) is 2. The molecule has 2 nitrogen and oxygen atoms in total. The molecule has 1 fully saturated rings. The number of fused-ring (bicyclic) bond motifs is 1. The normalized spacial score (nSPS) is 29.2. The molecule has 0 radical (unpaired) electrons. The topological polar surface area (TPSA) is 18.5 Å². The first-order valence-corrected chi connectivity index (χ1v) is 7.29. The minimum atomic E-state index is -2.87. The maximum absolute atomic E-state index is 14.1. The first kappa shape index (κ1) is 13.5. The Labute approximate surface area is 119 Å². The van der Waals surface area contributed by atoms with Gasteiger partial charge in [-0.25, -0.2) is 8.78 Å². The predicted octanol–water partition coefficient (Wildman–Crippen LogP) is 4.22. The zero-order valence-electron chi connectivity index (χ0n) is 10.4. The summed E-state index contributed by atoms with van der Waals surface area (Å²) in [4.78, 5) is 0. The first-order chi connectivity index (χ1) is 9.08. The second kappa shape index (κ2) is 5.11. The molecule has 1 aromatic carbocycles. The molecule has 2 unspecified atom stereocenters. The highest BCUT2D eigenvalue weighted by atomic mass is 79.9. The molecule has 1 saturated heterocycles. The monoisotopic (exact) mass is 332 g/mol. The number of benzene rings is 1. The van der Waals surface area contributed by atoms with Crippen LogP contribution in [0.25, 0.3) is 0 Å². The Morgan fingerprint density at radius 3 is 2.89 bits per heavy atom. The van der Waals surface area contributed by atoms with E-state index in [0.29, 0.717) is 28.6 Å². The molecule has 0 aromatic heterocycles. The molecule has 1 aliphatic heterocycles. The van der Waals surface area contributed by atoms with Gasteiger partial charge in [-0.3, -0.25) is 0 Å². The highest BCUT2D eigenvalue weighted by Gasteiger charge is 2.50. The molecule has 0 amide bonds. The van der Waals surface area contributed by atoms with Gasteiger partial charge in [0.2, 0.25) is 0 Å². The Morgan fingerprint density at radius 2 is 2.16 bits per heavy atom. The van der Waals surface area contributed by atoms with Gasteiger partial charge in [-0.1, -0.05) is 28.1 Å². The van der Waals surface area contributed by atoms with Crippen LogP contribution in [0.4, 0.5) is 8.78 Å². The lowest BCUT2D eigenvalue weighted by Crippen LogP contribution is -2.31. The molecule has 2 aliphatic rings. The molecule has 19 heavy (non-hydrogen) atoms. The first-order valence-electron chi connectivity index (χ1n) is 6.50. The van der Waals surface area contributed by atoms with E-state index in [2.05, 4.69) is 15.9 Å². The molecular formula is C14H15BrF2O2. The Kier molecular flexibility index (Phi) is 3.62. The van der Waals surface area contributed by atoms with Crippen LogP contribution in [0.15, 0.2) is 22.7 Å². The highest BCUT2D eigenvalue weighted by molar-refractivity contribution is 9.10. The highest BCUT2D eigenvalue weighted by Crippen LogP contribution is 2.49. The van der Waals surface area contributed by atoms with E-state index in [1.165, 1.54) is 0 Å². The van der Waals surface area contributed by atoms with Crippen LogP contribution in [0.1, 0.15) is 36.5 Å². The molecule has 0 bridgehead atoms. The van der Waals surface area contributed by atoms with Gasteiger partial charge in [-0.05, 0) is 30.9 Å². The smallest absolute Gasteiger partial charge is 0.282 e. The Bertz CT molecular complexity index is 473. The number of alkyl halides is 2. The third-order valence-corrected chi connectivity index (χ3v) is 4.33. The number of halogens is 3. The minimum absolute atomic E-state index is 0.265. The molecule has 0 N–H and O–H groups in total. The molecule has 5 heteroatoms. The summed E-state index contributed by atoms with van der Waals surface area (Å²) in [5.41, 5.74) is 1.22. The van der Waals surface area contributed by atoms with Gasteiger partial charge < -0.3 is 9.47 Å². The summed E-state index contributed by atoms with van der Waals surface area (Å²) in [6.07, 6.45) is 0.641. The summed E-state index contributed by atoms with van der Waals surface area (Å²) in [6, 6.07) is 5.29. The average Bonchev–Trinajstić information content (AvgIpc) is 2.63. The lowest BCUT2D eigenvalue weighted by Gasteiger charge is -2.29. The van der Waals surface area contributed by atoms with Crippen molar-refractivity contribution in [3.63, 3.8) is 0 Å². The van der Waals surface area contributed by atoms with E-state index in [1.54, 1.807) is 18.2 Å². The van der Waals surface area contributed by atoms with Crippen LogP contribution in [0.3, 0.4) is 0 Å². The van der Waals surface area contributed by atoms with Crippen molar-refractivity contribution in [2.75, 3.05) is 6.61 Å². The maximum atomic E-state index is 14.1. The van der Waals surface area contributed by atoms with E-state index in [0.717, 1.165) is 12.8 Å². The molecule has 0 spiro atoms. The van der Waals surface area contributed by atoms with Crippen molar-refractivity contribution in [2.24, 2.45) is 0 Å². The molecule has 104 valence electrons. The van der Waals surface area contributed by atoms with Crippen LogP contribution < -0.4 is 0 Å². The summed E-state index contributed by atoms with van der Waals surface area (Å²) >= 11 is 3.35. The van der Waals surface area contributed by atoms with Gasteiger partial charge >= 0.3 is 0 Å². The number of hydrogen-bond donors (Lipinski definition) is 0. The molecule has 2 atom stereocenters. The maximum Gasteiger partial charge on any atom is 0.282 e. The van der Waals surface area contributed by atoms with E-state index < -0.39 is 18.3 Å². The molecule has 1 aromatic rings. The van der Waals surface area contributed by atoms with Gasteiger partial charge in [-0.2, -0.15) is 0 Å². The van der Waals surface area contributed by atoms with E-state index in [1.807, 2.05) is 0 Å². The van der Waals surface area contributed by atoms with Crippen LogP contribution in [0, 0.1) is 0 Å². The van der Waals surface area contributed by atoms with Crippen LogP contribution >= 0.6 is 15.9 Å². The zero-order chi connectivity index (χ0) is 13.5. The fourth-order valence-electron chi connectivity index (χ4n) is 2.73. The van der Waals surface area contributed by atoms with Crippen molar-refractivity contribution >= 4 is 15.9 Å². The van der Waals surface area contributed by atoms with Gasteiger partial charge in [0.15, 0.2) is 12.4 Å². The van der Waals surface area contributed by atoms with Crippen molar-refractivity contribution in [3.05, 3.63) is 33.8 Å². The number of hydrogen-bond acceptors (Lipinski definition) is 2. The quantitative estimate of drug-likeness (QED) is 0.807. The molecular weight excluding hydrogens is 318 g/mol. The second-order valence-corrected chi connectivity index (χ2v) is 5.92. The molecule has 3 rings (SSSR count). The zero-order valence-corrected chi connectivity index (χ0v) is 12.0.